The zero-order valence-electron chi connectivity index (χ0n) is 18.6. The first kappa shape index (κ1) is 22.9. The number of ketones is 1. The summed E-state index contributed by atoms with van der Waals surface area (Å²) in [6.45, 7) is 7.65. The molecule has 1 saturated heterocycles. The third kappa shape index (κ3) is 5.05. The van der Waals surface area contributed by atoms with E-state index in [4.69, 9.17) is 11.6 Å². The van der Waals surface area contributed by atoms with Crippen molar-refractivity contribution in [1.29, 1.82) is 0 Å². The average Bonchev–Trinajstić information content (AvgIpc) is 3.14. The second-order valence-corrected chi connectivity index (χ2v) is 9.03. The molecule has 0 saturated carbocycles. The summed E-state index contributed by atoms with van der Waals surface area (Å²) in [7, 11) is 2.09. The molecule has 1 N–H and O–H groups in total. The molecule has 1 fully saturated rings. The van der Waals surface area contributed by atoms with Gasteiger partial charge in [-0.2, -0.15) is 0 Å². The maximum Gasteiger partial charge on any atom is 0.165 e. The topological polar surface area (TPSA) is 58.1 Å². The van der Waals surface area contributed by atoms with Crippen molar-refractivity contribution in [3.8, 4) is 11.8 Å². The van der Waals surface area contributed by atoms with Crippen LogP contribution in [0.5, 0.6) is 0 Å². The molecule has 1 aromatic heterocycles. The molecule has 1 atom stereocenters. The van der Waals surface area contributed by atoms with Gasteiger partial charge in [-0.3, -0.25) is 4.79 Å². The number of halogens is 2. The van der Waals surface area contributed by atoms with Gasteiger partial charge in [0.1, 0.15) is 12.1 Å². The Kier molecular flexibility index (Phi) is 6.46. The largest absolute Gasteiger partial charge is 0.337 e. The van der Waals surface area contributed by atoms with Gasteiger partial charge in [0.05, 0.1) is 16.2 Å². The average molecular weight is 463 g/mol. The minimum atomic E-state index is -0.565. The molecular weight excluding hydrogens is 439 g/mol. The Labute approximate surface area is 197 Å². The molecule has 2 aromatic carbocycles. The number of hydrogen-bond donors (Lipinski definition) is 1. The number of likely N-dealkylation sites (tertiary alicyclic amines) is 1. The van der Waals surface area contributed by atoms with Crippen molar-refractivity contribution in [3.05, 3.63) is 71.3 Å². The van der Waals surface area contributed by atoms with Gasteiger partial charge < -0.3 is 10.2 Å². The van der Waals surface area contributed by atoms with E-state index in [1.165, 1.54) is 18.5 Å². The number of carbonyl (C=O) groups excluding carboxylic acids is 1. The van der Waals surface area contributed by atoms with E-state index in [0.717, 1.165) is 30.6 Å². The van der Waals surface area contributed by atoms with Crippen LogP contribution in [0.1, 0.15) is 24.5 Å². The minimum Gasteiger partial charge on any atom is -0.337 e. The lowest BCUT2D eigenvalue weighted by molar-refractivity contribution is -0.114. The Bertz CT molecular complexity index is 1310. The summed E-state index contributed by atoms with van der Waals surface area (Å²) >= 11 is 5.91. The molecule has 1 aliphatic rings. The third-order valence-corrected chi connectivity index (χ3v) is 6.11. The van der Waals surface area contributed by atoms with Gasteiger partial charge in [-0.25, -0.2) is 14.4 Å². The van der Waals surface area contributed by atoms with Crippen LogP contribution in [0.15, 0.2) is 49.3 Å². The highest BCUT2D eigenvalue weighted by atomic mass is 35.5. The van der Waals surface area contributed by atoms with Crippen LogP contribution < -0.4 is 5.32 Å². The Morgan fingerprint density at radius 2 is 2.21 bits per heavy atom. The van der Waals surface area contributed by atoms with Crippen molar-refractivity contribution in [2.45, 2.75) is 19.8 Å². The summed E-state index contributed by atoms with van der Waals surface area (Å²) < 4.78 is 14.4. The van der Waals surface area contributed by atoms with E-state index in [2.05, 4.69) is 52.6 Å². The molecule has 1 unspecified atom stereocenters. The van der Waals surface area contributed by atoms with Crippen molar-refractivity contribution in [2.75, 3.05) is 25.5 Å². The third-order valence-electron chi connectivity index (χ3n) is 5.82. The predicted octanol–water partition coefficient (Wildman–Crippen LogP) is 5.16. The lowest BCUT2D eigenvalue weighted by atomic mass is 9.89. The van der Waals surface area contributed by atoms with E-state index in [-0.39, 0.29) is 28.3 Å². The molecule has 4 rings (SSSR count). The van der Waals surface area contributed by atoms with Crippen LogP contribution in [0.4, 0.5) is 15.9 Å². The number of anilines is 2. The standard InChI is InChI=1S/C26H24ClFN4O/c1-4-19(33)12-18-13-20-23(14-17(18)8-9-26(2)10-11-32(3)15-26)29-16-30-25(20)31-22-7-5-6-21(27)24(22)28/h4-7,13-14,16H,1,10-12,15H2,2-3H3,(H,29,30,31). The number of fused-ring (bicyclic) bond motifs is 1. The number of benzene rings is 2. The van der Waals surface area contributed by atoms with E-state index in [1.807, 2.05) is 12.1 Å². The van der Waals surface area contributed by atoms with Crippen molar-refractivity contribution < 1.29 is 9.18 Å². The van der Waals surface area contributed by atoms with Crippen LogP contribution in [-0.4, -0.2) is 40.8 Å². The van der Waals surface area contributed by atoms with Crippen LogP contribution in [-0.2, 0) is 11.2 Å². The molecule has 0 bridgehead atoms. The Balaban J connectivity index is 1.79. The molecule has 168 valence electrons. The van der Waals surface area contributed by atoms with Crippen LogP contribution in [0.3, 0.4) is 0 Å². The fourth-order valence-electron chi connectivity index (χ4n) is 4.01. The van der Waals surface area contributed by atoms with Crippen LogP contribution in [0.2, 0.25) is 5.02 Å². The van der Waals surface area contributed by atoms with Gasteiger partial charge in [0, 0.05) is 29.3 Å². The van der Waals surface area contributed by atoms with Gasteiger partial charge in [0.15, 0.2) is 11.6 Å². The summed E-state index contributed by atoms with van der Waals surface area (Å²) in [5.41, 5.74) is 2.23. The maximum atomic E-state index is 14.4. The summed E-state index contributed by atoms with van der Waals surface area (Å²) in [6.07, 6.45) is 3.86. The summed E-state index contributed by atoms with van der Waals surface area (Å²) in [4.78, 5) is 23.1. The number of rotatable bonds is 5. The van der Waals surface area contributed by atoms with E-state index < -0.39 is 5.82 Å². The highest BCUT2D eigenvalue weighted by Crippen LogP contribution is 2.31. The number of aromatic nitrogens is 2. The fraction of sp³-hybridized carbons (Fsp3) is 0.269. The van der Waals surface area contributed by atoms with Gasteiger partial charge in [-0.15, -0.1) is 0 Å². The van der Waals surface area contributed by atoms with Gasteiger partial charge in [-0.1, -0.05) is 36.1 Å². The Hall–Kier alpha value is -3.27. The molecule has 33 heavy (non-hydrogen) atoms. The molecule has 5 nitrogen and oxygen atoms in total. The molecular formula is C26H24ClFN4O. The molecule has 7 heteroatoms. The van der Waals surface area contributed by atoms with Gasteiger partial charge in [0.2, 0.25) is 0 Å². The molecule has 2 heterocycles. The highest BCUT2D eigenvalue weighted by Gasteiger charge is 2.30. The van der Waals surface area contributed by atoms with Crippen LogP contribution in [0, 0.1) is 23.1 Å². The first-order valence-electron chi connectivity index (χ1n) is 10.6. The molecule has 1 aliphatic heterocycles. The molecule has 0 spiro atoms. The predicted molar refractivity (Wildman–Crippen MR) is 130 cm³/mol. The molecule has 0 aliphatic carbocycles. The van der Waals surface area contributed by atoms with Gasteiger partial charge in [-0.05, 0) is 62.8 Å². The van der Waals surface area contributed by atoms with Crippen LogP contribution in [0.25, 0.3) is 10.9 Å². The maximum absolute atomic E-state index is 14.4. The number of nitrogens with zero attached hydrogens (tertiary/aromatic N) is 3. The van der Waals surface area contributed by atoms with Gasteiger partial charge >= 0.3 is 0 Å². The smallest absolute Gasteiger partial charge is 0.165 e. The Morgan fingerprint density at radius 1 is 1.39 bits per heavy atom. The van der Waals surface area contributed by atoms with E-state index >= 15 is 0 Å². The minimum absolute atomic E-state index is 0.0132. The normalized spacial score (nSPS) is 18.1. The number of carbonyl (C=O) groups is 1. The fourth-order valence-corrected chi connectivity index (χ4v) is 4.18. The monoisotopic (exact) mass is 462 g/mol. The lowest BCUT2D eigenvalue weighted by Crippen LogP contribution is -2.20. The van der Waals surface area contributed by atoms with Crippen molar-refractivity contribution in [3.63, 3.8) is 0 Å². The van der Waals surface area contributed by atoms with E-state index in [0.29, 0.717) is 16.7 Å². The number of nitrogens with one attached hydrogen (secondary N) is 1. The first-order chi connectivity index (χ1) is 15.8. The van der Waals surface area contributed by atoms with Crippen molar-refractivity contribution in [2.24, 2.45) is 5.41 Å². The van der Waals surface area contributed by atoms with Crippen molar-refractivity contribution in [1.82, 2.24) is 14.9 Å². The Morgan fingerprint density at radius 3 is 2.94 bits per heavy atom. The molecule has 0 amide bonds. The van der Waals surface area contributed by atoms with E-state index in [9.17, 15) is 9.18 Å². The zero-order chi connectivity index (χ0) is 23.6. The first-order valence-corrected chi connectivity index (χ1v) is 11.0. The summed E-state index contributed by atoms with van der Waals surface area (Å²) in [5.74, 6) is 6.45. The van der Waals surface area contributed by atoms with Gasteiger partial charge in [0.25, 0.3) is 0 Å². The quantitative estimate of drug-likeness (QED) is 0.419. The SMILES string of the molecule is C=CC(=O)Cc1cc2c(Nc3cccc(Cl)c3F)ncnc2cc1C#CC1(C)CCN(C)C1. The van der Waals surface area contributed by atoms with Crippen LogP contribution >= 0.6 is 11.6 Å². The second kappa shape index (κ2) is 9.30. The number of hydrogen-bond acceptors (Lipinski definition) is 5. The lowest BCUT2D eigenvalue weighted by Gasteiger charge is -2.16. The number of allylic oxidation sites excluding steroid dienone is 1. The zero-order valence-corrected chi connectivity index (χ0v) is 19.3. The summed E-state index contributed by atoms with van der Waals surface area (Å²) in [6, 6.07) is 8.41. The molecule has 3 aromatic rings. The molecule has 0 radical (unpaired) electrons. The van der Waals surface area contributed by atoms with Crippen molar-refractivity contribution >= 4 is 39.8 Å². The summed E-state index contributed by atoms with van der Waals surface area (Å²) in [5, 5.41) is 3.67. The van der Waals surface area contributed by atoms with E-state index in [1.54, 1.807) is 12.1 Å². The highest BCUT2D eigenvalue weighted by molar-refractivity contribution is 6.31. The second-order valence-electron chi connectivity index (χ2n) is 8.62.